The predicted octanol–water partition coefficient (Wildman–Crippen LogP) is 1.52. The molecule has 0 aliphatic heterocycles. The number of nitrogens with one attached hydrogen (secondary N) is 2. The summed E-state index contributed by atoms with van der Waals surface area (Å²) in [5.74, 6) is -1.35. The number of ether oxygens (including phenoxy) is 1. The average molecular weight is 398 g/mol. The molecular weight excluding hydrogens is 372 g/mol. The second-order valence-corrected chi connectivity index (χ2v) is 7.02. The molecule has 0 radical (unpaired) electrons. The van der Waals surface area contributed by atoms with Crippen molar-refractivity contribution in [3.63, 3.8) is 0 Å². The van der Waals surface area contributed by atoms with Crippen molar-refractivity contribution >= 4 is 17.8 Å². The van der Waals surface area contributed by atoms with Crippen molar-refractivity contribution in [2.45, 2.75) is 38.8 Å². The van der Waals surface area contributed by atoms with E-state index in [0.717, 1.165) is 5.56 Å². The van der Waals surface area contributed by atoms with Gasteiger partial charge in [0.1, 0.15) is 17.8 Å². The lowest BCUT2D eigenvalue weighted by Crippen LogP contribution is -2.53. The van der Waals surface area contributed by atoms with Crippen LogP contribution in [0.5, 0.6) is 0 Å². The Labute approximate surface area is 170 Å². The van der Waals surface area contributed by atoms with Crippen LogP contribution in [-0.2, 0) is 20.7 Å². The maximum Gasteiger partial charge on any atom is 0.328 e. The summed E-state index contributed by atoms with van der Waals surface area (Å²) in [6.07, 6.45) is 4.86. The van der Waals surface area contributed by atoms with E-state index >= 15 is 0 Å². The van der Waals surface area contributed by atoms with Crippen LogP contribution in [0, 0.1) is 5.92 Å². The van der Waals surface area contributed by atoms with Gasteiger partial charge in [0.15, 0.2) is 0 Å². The van der Waals surface area contributed by atoms with Crippen molar-refractivity contribution in [1.82, 2.24) is 20.6 Å². The number of nitrogens with zero attached hydrogens (tertiary/aromatic N) is 2. The minimum Gasteiger partial charge on any atom is -0.467 e. The van der Waals surface area contributed by atoms with E-state index in [4.69, 9.17) is 4.74 Å². The molecule has 0 aliphatic carbocycles. The molecule has 0 saturated heterocycles. The topological polar surface area (TPSA) is 110 Å². The Bertz CT molecular complexity index is 812. The molecule has 8 heteroatoms. The summed E-state index contributed by atoms with van der Waals surface area (Å²) in [6.45, 7) is 3.89. The molecule has 8 nitrogen and oxygen atoms in total. The van der Waals surface area contributed by atoms with Crippen LogP contribution in [0.2, 0.25) is 0 Å². The second kappa shape index (κ2) is 10.9. The highest BCUT2D eigenvalue weighted by Gasteiger charge is 2.28. The molecule has 0 saturated carbocycles. The number of benzene rings is 1. The van der Waals surface area contributed by atoms with E-state index in [1.807, 2.05) is 44.2 Å². The summed E-state index contributed by atoms with van der Waals surface area (Å²) in [7, 11) is 1.28. The Kier molecular flexibility index (Phi) is 8.27. The number of carbonyl (C=O) groups is 3. The SMILES string of the molecule is COC(=O)C(CC(C)C)NC(=O)C(Cc1ccccc1)NC(=O)c1cnccn1. The summed E-state index contributed by atoms with van der Waals surface area (Å²) >= 11 is 0. The van der Waals surface area contributed by atoms with Crippen LogP contribution in [0.15, 0.2) is 48.9 Å². The number of hydrogen-bond donors (Lipinski definition) is 2. The number of esters is 1. The van der Waals surface area contributed by atoms with E-state index in [2.05, 4.69) is 20.6 Å². The third kappa shape index (κ3) is 6.99. The van der Waals surface area contributed by atoms with Crippen molar-refractivity contribution < 1.29 is 19.1 Å². The smallest absolute Gasteiger partial charge is 0.328 e. The lowest BCUT2D eigenvalue weighted by Gasteiger charge is -2.23. The fourth-order valence-corrected chi connectivity index (χ4v) is 2.81. The first kappa shape index (κ1) is 22.0. The van der Waals surface area contributed by atoms with Crippen molar-refractivity contribution in [2.75, 3.05) is 7.11 Å². The number of hydrogen-bond acceptors (Lipinski definition) is 6. The number of rotatable bonds is 9. The molecule has 154 valence electrons. The maximum absolute atomic E-state index is 13.0. The van der Waals surface area contributed by atoms with E-state index in [1.165, 1.54) is 25.7 Å². The van der Waals surface area contributed by atoms with Gasteiger partial charge in [0.2, 0.25) is 5.91 Å². The fourth-order valence-electron chi connectivity index (χ4n) is 2.81. The summed E-state index contributed by atoms with van der Waals surface area (Å²) in [6, 6.07) is 7.61. The van der Waals surface area contributed by atoms with Crippen LogP contribution in [-0.4, -0.2) is 46.9 Å². The normalized spacial score (nSPS) is 12.7. The molecular formula is C21H26N4O4. The molecule has 0 aliphatic rings. The predicted molar refractivity (Wildman–Crippen MR) is 107 cm³/mol. The minimum absolute atomic E-state index is 0.102. The van der Waals surface area contributed by atoms with Crippen molar-refractivity contribution in [3.05, 3.63) is 60.2 Å². The second-order valence-electron chi connectivity index (χ2n) is 7.02. The quantitative estimate of drug-likeness (QED) is 0.620. The van der Waals surface area contributed by atoms with Gasteiger partial charge in [0.25, 0.3) is 5.91 Å². The average Bonchev–Trinajstić information content (AvgIpc) is 2.73. The van der Waals surface area contributed by atoms with Crippen LogP contribution >= 0.6 is 0 Å². The first-order chi connectivity index (χ1) is 13.9. The monoisotopic (exact) mass is 398 g/mol. The zero-order valence-electron chi connectivity index (χ0n) is 16.8. The van der Waals surface area contributed by atoms with E-state index in [-0.39, 0.29) is 18.0 Å². The van der Waals surface area contributed by atoms with E-state index in [0.29, 0.717) is 6.42 Å². The molecule has 2 N–H and O–H groups in total. The molecule has 2 unspecified atom stereocenters. The largest absolute Gasteiger partial charge is 0.467 e. The van der Waals surface area contributed by atoms with Crippen molar-refractivity contribution in [1.29, 1.82) is 0 Å². The molecule has 1 aromatic carbocycles. The van der Waals surface area contributed by atoms with Crippen LogP contribution in [0.25, 0.3) is 0 Å². The van der Waals surface area contributed by atoms with E-state index in [1.54, 1.807) is 0 Å². The minimum atomic E-state index is -0.897. The Morgan fingerprint density at radius 2 is 1.76 bits per heavy atom. The lowest BCUT2D eigenvalue weighted by molar-refractivity contribution is -0.145. The first-order valence-electron chi connectivity index (χ1n) is 9.39. The molecule has 2 rings (SSSR count). The Morgan fingerprint density at radius 3 is 2.34 bits per heavy atom. The van der Waals surface area contributed by atoms with Gasteiger partial charge in [-0.2, -0.15) is 0 Å². The standard InChI is InChI=1S/C21H26N4O4/c1-14(2)11-17(21(28)29-3)25-19(26)16(12-15-7-5-4-6-8-15)24-20(27)18-13-22-9-10-23-18/h4-10,13-14,16-17H,11-12H2,1-3H3,(H,24,27)(H,25,26). The molecule has 0 spiro atoms. The number of carbonyl (C=O) groups excluding carboxylic acids is 3. The molecule has 1 heterocycles. The Morgan fingerprint density at radius 1 is 1.03 bits per heavy atom. The third-order valence-corrected chi connectivity index (χ3v) is 4.21. The van der Waals surface area contributed by atoms with Gasteiger partial charge in [-0.1, -0.05) is 44.2 Å². The summed E-state index contributed by atoms with van der Waals surface area (Å²) < 4.78 is 4.80. The van der Waals surface area contributed by atoms with Crippen LogP contribution in [0.3, 0.4) is 0 Å². The van der Waals surface area contributed by atoms with Gasteiger partial charge in [-0.05, 0) is 17.9 Å². The highest BCUT2D eigenvalue weighted by molar-refractivity contribution is 5.96. The van der Waals surface area contributed by atoms with Crippen LogP contribution < -0.4 is 10.6 Å². The number of aromatic nitrogens is 2. The van der Waals surface area contributed by atoms with Gasteiger partial charge in [-0.3, -0.25) is 14.6 Å². The molecule has 2 atom stereocenters. The molecule has 0 bridgehead atoms. The Balaban J connectivity index is 2.19. The van der Waals surface area contributed by atoms with Crippen molar-refractivity contribution in [2.24, 2.45) is 5.92 Å². The van der Waals surface area contributed by atoms with Gasteiger partial charge >= 0.3 is 5.97 Å². The first-order valence-corrected chi connectivity index (χ1v) is 9.39. The third-order valence-electron chi connectivity index (χ3n) is 4.21. The number of amides is 2. The van der Waals surface area contributed by atoms with E-state index in [9.17, 15) is 14.4 Å². The van der Waals surface area contributed by atoms with Gasteiger partial charge in [-0.25, -0.2) is 9.78 Å². The maximum atomic E-state index is 13.0. The highest BCUT2D eigenvalue weighted by atomic mass is 16.5. The summed E-state index contributed by atoms with van der Waals surface area (Å²) in [5, 5.41) is 5.40. The Hall–Kier alpha value is -3.29. The molecule has 1 aromatic heterocycles. The lowest BCUT2D eigenvalue weighted by atomic mass is 10.0. The number of methoxy groups -OCH3 is 1. The van der Waals surface area contributed by atoms with Gasteiger partial charge in [-0.15, -0.1) is 0 Å². The van der Waals surface area contributed by atoms with Crippen molar-refractivity contribution in [3.8, 4) is 0 Å². The molecule has 2 aromatic rings. The highest BCUT2D eigenvalue weighted by Crippen LogP contribution is 2.09. The van der Waals surface area contributed by atoms with Gasteiger partial charge in [0, 0.05) is 18.8 Å². The van der Waals surface area contributed by atoms with Crippen LogP contribution in [0.1, 0.15) is 36.3 Å². The zero-order chi connectivity index (χ0) is 21.2. The van der Waals surface area contributed by atoms with Crippen LogP contribution in [0.4, 0.5) is 0 Å². The summed E-state index contributed by atoms with van der Waals surface area (Å²) in [4.78, 5) is 45.4. The molecule has 2 amide bonds. The zero-order valence-corrected chi connectivity index (χ0v) is 16.8. The van der Waals surface area contributed by atoms with Gasteiger partial charge in [0.05, 0.1) is 13.3 Å². The van der Waals surface area contributed by atoms with E-state index < -0.39 is 29.9 Å². The van der Waals surface area contributed by atoms with Gasteiger partial charge < -0.3 is 15.4 Å². The fraction of sp³-hybridized carbons (Fsp3) is 0.381. The molecule has 0 fully saturated rings. The molecule has 29 heavy (non-hydrogen) atoms. The summed E-state index contributed by atoms with van der Waals surface area (Å²) in [5.41, 5.74) is 0.968.